The van der Waals surface area contributed by atoms with Gasteiger partial charge in [0.25, 0.3) is 5.91 Å². The van der Waals surface area contributed by atoms with Gasteiger partial charge in [-0.3, -0.25) is 19.3 Å². The summed E-state index contributed by atoms with van der Waals surface area (Å²) in [7, 11) is 0. The molecule has 2 amide bonds. The highest BCUT2D eigenvalue weighted by molar-refractivity contribution is 6.49. The highest BCUT2D eigenvalue weighted by Crippen LogP contribution is 2.33. The lowest BCUT2D eigenvalue weighted by Gasteiger charge is -2.29. The molecule has 1 saturated carbocycles. The lowest BCUT2D eigenvalue weighted by Crippen LogP contribution is -2.42. The van der Waals surface area contributed by atoms with Crippen molar-refractivity contribution < 1.29 is 14.4 Å². The molecule has 1 heterocycles. The van der Waals surface area contributed by atoms with Crippen LogP contribution in [-0.4, -0.2) is 28.5 Å². The van der Waals surface area contributed by atoms with Crippen molar-refractivity contribution in [1.29, 1.82) is 0 Å². The fourth-order valence-electron chi connectivity index (χ4n) is 2.54. The summed E-state index contributed by atoms with van der Waals surface area (Å²) in [6, 6.07) is -0.0422. The second kappa shape index (κ2) is 3.68. The van der Waals surface area contributed by atoms with Crippen molar-refractivity contribution in [3.8, 4) is 0 Å². The molecule has 0 atom stereocenters. The molecular formula is C12H17NO3. The van der Waals surface area contributed by atoms with E-state index in [0.29, 0.717) is 0 Å². The minimum atomic E-state index is -1.14. The van der Waals surface area contributed by atoms with Crippen LogP contribution in [0.5, 0.6) is 0 Å². The van der Waals surface area contributed by atoms with E-state index in [-0.39, 0.29) is 11.9 Å². The van der Waals surface area contributed by atoms with Gasteiger partial charge in [0.05, 0.1) is 0 Å². The topological polar surface area (TPSA) is 54.5 Å². The Morgan fingerprint density at radius 1 is 1.06 bits per heavy atom. The molecule has 0 radical (unpaired) electrons. The number of amides is 2. The molecule has 1 aliphatic carbocycles. The predicted molar refractivity (Wildman–Crippen MR) is 57.5 cm³/mol. The molecule has 0 aromatic heterocycles. The molecule has 0 spiro atoms. The van der Waals surface area contributed by atoms with E-state index in [1.54, 1.807) is 13.8 Å². The average Bonchev–Trinajstić information content (AvgIpc) is 2.42. The Hall–Kier alpha value is -1.19. The fraction of sp³-hybridized carbons (Fsp3) is 0.750. The number of imide groups is 1. The first kappa shape index (κ1) is 11.3. The predicted octanol–water partition coefficient (Wildman–Crippen LogP) is 1.28. The smallest absolute Gasteiger partial charge is 0.287 e. The van der Waals surface area contributed by atoms with E-state index in [1.165, 1.54) is 4.90 Å². The molecule has 2 rings (SSSR count). The van der Waals surface area contributed by atoms with E-state index in [1.807, 2.05) is 0 Å². The van der Waals surface area contributed by atoms with E-state index in [0.717, 1.165) is 32.1 Å². The van der Waals surface area contributed by atoms with Gasteiger partial charge in [0, 0.05) is 6.04 Å². The highest BCUT2D eigenvalue weighted by atomic mass is 16.2. The third-order valence-electron chi connectivity index (χ3n) is 3.67. The molecule has 1 aliphatic heterocycles. The molecule has 16 heavy (non-hydrogen) atoms. The molecule has 0 aromatic rings. The van der Waals surface area contributed by atoms with Gasteiger partial charge >= 0.3 is 0 Å². The maximum Gasteiger partial charge on any atom is 0.297 e. The third-order valence-corrected chi connectivity index (χ3v) is 3.67. The minimum absolute atomic E-state index is 0.0422. The van der Waals surface area contributed by atoms with Gasteiger partial charge in [0.15, 0.2) is 0 Å². The molecular weight excluding hydrogens is 206 g/mol. The van der Waals surface area contributed by atoms with Crippen molar-refractivity contribution in [2.24, 2.45) is 5.41 Å². The highest BCUT2D eigenvalue weighted by Gasteiger charge is 2.54. The van der Waals surface area contributed by atoms with Crippen molar-refractivity contribution in [3.63, 3.8) is 0 Å². The van der Waals surface area contributed by atoms with Crippen LogP contribution in [0.25, 0.3) is 0 Å². The maximum absolute atomic E-state index is 12.0. The van der Waals surface area contributed by atoms with Gasteiger partial charge < -0.3 is 0 Å². The van der Waals surface area contributed by atoms with E-state index >= 15 is 0 Å². The van der Waals surface area contributed by atoms with E-state index in [2.05, 4.69) is 0 Å². The van der Waals surface area contributed by atoms with Gasteiger partial charge in [-0.1, -0.05) is 19.3 Å². The number of Topliss-reactive ketones (excluding diaryl/α,β-unsaturated/α-hetero) is 1. The second-order valence-corrected chi connectivity index (χ2v) is 5.23. The van der Waals surface area contributed by atoms with Gasteiger partial charge in [0.1, 0.15) is 5.41 Å². The lowest BCUT2D eigenvalue weighted by molar-refractivity contribution is -0.146. The molecule has 88 valence electrons. The first-order chi connectivity index (χ1) is 7.46. The Morgan fingerprint density at radius 3 is 2.06 bits per heavy atom. The van der Waals surface area contributed by atoms with Gasteiger partial charge in [-0.25, -0.2) is 0 Å². The first-order valence-corrected chi connectivity index (χ1v) is 5.88. The quantitative estimate of drug-likeness (QED) is 0.382. The summed E-state index contributed by atoms with van der Waals surface area (Å²) >= 11 is 0. The number of hydrogen-bond donors (Lipinski definition) is 0. The van der Waals surface area contributed by atoms with Crippen LogP contribution >= 0.6 is 0 Å². The van der Waals surface area contributed by atoms with Crippen LogP contribution < -0.4 is 0 Å². The van der Waals surface area contributed by atoms with Crippen LogP contribution in [0, 0.1) is 5.41 Å². The zero-order chi connectivity index (χ0) is 11.9. The largest absolute Gasteiger partial charge is 0.297 e. The summed E-state index contributed by atoms with van der Waals surface area (Å²) in [5.74, 6) is -1.46. The number of carbonyl (C=O) groups is 3. The van der Waals surface area contributed by atoms with Gasteiger partial charge in [-0.05, 0) is 26.7 Å². The molecule has 2 fully saturated rings. The molecule has 0 N–H and O–H groups in total. The number of carbonyl (C=O) groups excluding carboxylic acids is 3. The number of nitrogens with zero attached hydrogens (tertiary/aromatic N) is 1. The van der Waals surface area contributed by atoms with Gasteiger partial charge in [0.2, 0.25) is 11.7 Å². The van der Waals surface area contributed by atoms with E-state index in [9.17, 15) is 14.4 Å². The van der Waals surface area contributed by atoms with Crippen molar-refractivity contribution in [3.05, 3.63) is 0 Å². The van der Waals surface area contributed by atoms with Gasteiger partial charge in [-0.15, -0.1) is 0 Å². The van der Waals surface area contributed by atoms with Crippen LogP contribution in [0.3, 0.4) is 0 Å². The number of rotatable bonds is 1. The van der Waals surface area contributed by atoms with Crippen LogP contribution in [-0.2, 0) is 14.4 Å². The monoisotopic (exact) mass is 223 g/mol. The molecule has 0 unspecified atom stereocenters. The van der Waals surface area contributed by atoms with Crippen molar-refractivity contribution in [2.75, 3.05) is 0 Å². The summed E-state index contributed by atoms with van der Waals surface area (Å²) in [5.41, 5.74) is -1.14. The summed E-state index contributed by atoms with van der Waals surface area (Å²) in [6.45, 7) is 3.08. The maximum atomic E-state index is 12.0. The summed E-state index contributed by atoms with van der Waals surface area (Å²) in [4.78, 5) is 36.7. The van der Waals surface area contributed by atoms with Crippen molar-refractivity contribution in [1.82, 2.24) is 4.90 Å². The number of likely N-dealkylation sites (tertiary alicyclic amines) is 1. The zero-order valence-corrected chi connectivity index (χ0v) is 9.78. The summed E-state index contributed by atoms with van der Waals surface area (Å²) < 4.78 is 0. The molecule has 0 aromatic carbocycles. The molecule has 4 nitrogen and oxygen atoms in total. The Balaban J connectivity index is 2.25. The molecule has 2 aliphatic rings. The van der Waals surface area contributed by atoms with E-state index < -0.39 is 17.1 Å². The molecule has 4 heteroatoms. The van der Waals surface area contributed by atoms with Crippen LogP contribution in [0.4, 0.5) is 0 Å². The fourth-order valence-corrected chi connectivity index (χ4v) is 2.54. The number of ketones is 1. The molecule has 1 saturated heterocycles. The lowest BCUT2D eigenvalue weighted by atomic mass is 9.90. The third kappa shape index (κ3) is 1.47. The Bertz CT molecular complexity index is 353. The van der Waals surface area contributed by atoms with Gasteiger partial charge in [-0.2, -0.15) is 0 Å². The summed E-state index contributed by atoms with van der Waals surface area (Å²) in [6.07, 6.45) is 4.93. The Kier molecular flexibility index (Phi) is 2.60. The normalized spacial score (nSPS) is 26.6. The zero-order valence-electron chi connectivity index (χ0n) is 9.78. The average molecular weight is 223 g/mol. The Morgan fingerprint density at radius 2 is 1.62 bits per heavy atom. The summed E-state index contributed by atoms with van der Waals surface area (Å²) in [5, 5.41) is 0. The number of hydrogen-bond acceptors (Lipinski definition) is 3. The first-order valence-electron chi connectivity index (χ1n) is 5.88. The minimum Gasteiger partial charge on any atom is -0.287 e. The van der Waals surface area contributed by atoms with Crippen molar-refractivity contribution >= 4 is 17.6 Å². The SMILES string of the molecule is CC1(C)C(=O)C(=O)N(C2CCCCC2)C1=O. The van der Waals surface area contributed by atoms with E-state index in [4.69, 9.17) is 0 Å². The van der Waals surface area contributed by atoms with Crippen LogP contribution in [0.15, 0.2) is 0 Å². The second-order valence-electron chi connectivity index (χ2n) is 5.23. The van der Waals surface area contributed by atoms with Crippen LogP contribution in [0.1, 0.15) is 46.0 Å². The van der Waals surface area contributed by atoms with Crippen LogP contribution in [0.2, 0.25) is 0 Å². The molecule has 0 bridgehead atoms. The standard InChI is InChI=1S/C12H17NO3/c1-12(2)9(14)10(15)13(11(12)16)8-6-4-3-5-7-8/h8H,3-7H2,1-2H3. The van der Waals surface area contributed by atoms with Crippen molar-refractivity contribution in [2.45, 2.75) is 52.0 Å². The Labute approximate surface area is 95.0 Å².